The fourth-order valence-corrected chi connectivity index (χ4v) is 3.70. The van der Waals surface area contributed by atoms with Gasteiger partial charge in [-0.1, -0.05) is 19.4 Å². The van der Waals surface area contributed by atoms with Crippen LogP contribution >= 0.6 is 22.0 Å². The molecular weight excluding hydrogens is 467 g/mol. The maximum Gasteiger partial charge on any atom is 0.310 e. The molecule has 0 saturated heterocycles. The summed E-state index contributed by atoms with van der Waals surface area (Å²) in [6.07, 6.45) is 0. The highest BCUT2D eigenvalue weighted by atomic mass is 32.5. The highest BCUT2D eigenvalue weighted by molar-refractivity contribution is 8.45. The molecule has 1 amide bonds. The fraction of sp³-hybridized carbons (Fsp3) is 0.125. The zero-order chi connectivity index (χ0) is 23.5. The second-order valence-corrected chi connectivity index (χ2v) is 9.51. The third kappa shape index (κ3) is 6.61. The molecule has 0 spiro atoms. The predicted molar refractivity (Wildman–Crippen MR) is 112 cm³/mol. The average molecular weight is 486 g/mol. The van der Waals surface area contributed by atoms with Gasteiger partial charge in [0.25, 0.3) is 5.91 Å². The Balaban J connectivity index is 2.36. The number of rotatable bonds is 6. The molecule has 0 aromatic heterocycles. The van der Waals surface area contributed by atoms with Crippen molar-refractivity contribution in [1.29, 1.82) is 0 Å². The van der Waals surface area contributed by atoms with Crippen molar-refractivity contribution in [2.24, 2.45) is 16.8 Å². The van der Waals surface area contributed by atoms with E-state index in [2.05, 4.69) is 15.9 Å². The van der Waals surface area contributed by atoms with Gasteiger partial charge >= 0.3 is 10.2 Å². The molecular formula is C16H19F5N6O2S2. The van der Waals surface area contributed by atoms with Crippen LogP contribution in [0.2, 0.25) is 0 Å². The molecule has 172 valence electrons. The third-order valence-electron chi connectivity index (χ3n) is 3.62. The molecule has 31 heavy (non-hydrogen) atoms. The summed E-state index contributed by atoms with van der Waals surface area (Å²) in [7, 11) is -6.98. The molecule has 6 N–H and O–H groups in total. The first-order valence-electron chi connectivity index (χ1n) is 8.17. The van der Waals surface area contributed by atoms with Gasteiger partial charge in [0.2, 0.25) is 5.17 Å². The van der Waals surface area contributed by atoms with Gasteiger partial charge in [-0.2, -0.15) is 5.10 Å². The number of amides is 1. The number of carbonyl (C=O) groups is 1. The third-order valence-corrected chi connectivity index (χ3v) is 5.93. The number of hydrazone groups is 1. The molecule has 0 aliphatic carbocycles. The number of nitrogens with two attached hydrogens (primary N) is 2. The number of nitrogens with zero attached hydrogens (tertiary/aromatic N) is 2. The Morgan fingerprint density at radius 3 is 2.16 bits per heavy atom. The van der Waals surface area contributed by atoms with E-state index in [0.29, 0.717) is 10.6 Å². The summed E-state index contributed by atoms with van der Waals surface area (Å²) in [6.45, 7) is 0. The molecule has 0 radical (unpaired) electrons. The van der Waals surface area contributed by atoms with Crippen molar-refractivity contribution < 1.29 is 29.1 Å². The number of hydrogen-bond donors (Lipinski definition) is 4. The van der Waals surface area contributed by atoms with Gasteiger partial charge in [-0.3, -0.25) is 20.1 Å². The van der Waals surface area contributed by atoms with Crippen molar-refractivity contribution in [3.05, 3.63) is 48.0 Å². The lowest BCUT2D eigenvalue weighted by atomic mass is 10.2. The molecule has 0 aliphatic heterocycles. The van der Waals surface area contributed by atoms with E-state index in [1.807, 2.05) is 0 Å². The van der Waals surface area contributed by atoms with Crippen LogP contribution in [-0.4, -0.2) is 30.2 Å². The molecule has 2 rings (SSSR count). The van der Waals surface area contributed by atoms with Crippen LogP contribution in [0.15, 0.2) is 57.4 Å². The molecule has 0 atom stereocenters. The maximum absolute atomic E-state index is 12.9. The Kier molecular flexibility index (Phi) is 6.38. The van der Waals surface area contributed by atoms with E-state index < -0.39 is 21.0 Å². The Morgan fingerprint density at radius 1 is 1.10 bits per heavy atom. The van der Waals surface area contributed by atoms with Crippen LogP contribution in [0.4, 0.5) is 30.8 Å². The summed E-state index contributed by atoms with van der Waals surface area (Å²) in [4.78, 5) is 15.8. The standard InChI is InChI=1S/C16H19F5N6O2S2/c1-27(23)16(25-22)30-14-8-5-11(26-29-2)9-13(14)15(28)24-10-3-6-12(7-4-10)31(17,18,19,20)21/h3-9,26H,22-23H2,1-2H3,(H,24,28)/b25-16+. The zero-order valence-corrected chi connectivity index (χ0v) is 17.7. The van der Waals surface area contributed by atoms with E-state index >= 15 is 0 Å². The minimum atomic E-state index is -9.81. The van der Waals surface area contributed by atoms with E-state index in [0.717, 1.165) is 28.9 Å². The first-order chi connectivity index (χ1) is 14.1. The van der Waals surface area contributed by atoms with Crippen molar-refractivity contribution in [3.63, 3.8) is 0 Å². The van der Waals surface area contributed by atoms with E-state index in [-0.39, 0.29) is 28.6 Å². The molecule has 0 aliphatic rings. The van der Waals surface area contributed by atoms with Crippen LogP contribution < -0.4 is 22.5 Å². The van der Waals surface area contributed by atoms with E-state index in [9.17, 15) is 24.2 Å². The Bertz CT molecular complexity index is 1000. The van der Waals surface area contributed by atoms with Crippen LogP contribution in [0.1, 0.15) is 10.4 Å². The smallest absolute Gasteiger partial charge is 0.310 e. The maximum atomic E-state index is 12.9. The quantitative estimate of drug-likeness (QED) is 0.117. The molecule has 15 heteroatoms. The van der Waals surface area contributed by atoms with Crippen molar-refractivity contribution in [1.82, 2.24) is 5.01 Å². The summed E-state index contributed by atoms with van der Waals surface area (Å²) in [6, 6.07) is 6.39. The predicted octanol–water partition coefficient (Wildman–Crippen LogP) is 4.70. The monoisotopic (exact) mass is 486 g/mol. The summed E-state index contributed by atoms with van der Waals surface area (Å²) in [5.41, 5.74) is 2.86. The Morgan fingerprint density at radius 2 is 1.68 bits per heavy atom. The van der Waals surface area contributed by atoms with Gasteiger partial charge in [0.15, 0.2) is 0 Å². The van der Waals surface area contributed by atoms with E-state index in [1.54, 1.807) is 6.07 Å². The lowest BCUT2D eigenvalue weighted by Gasteiger charge is -2.40. The lowest BCUT2D eigenvalue weighted by molar-refractivity contribution is 0.102. The molecule has 8 nitrogen and oxygen atoms in total. The average Bonchev–Trinajstić information content (AvgIpc) is 2.65. The van der Waals surface area contributed by atoms with Crippen LogP contribution in [-0.2, 0) is 4.84 Å². The molecule has 2 aromatic rings. The highest BCUT2D eigenvalue weighted by Gasteiger charge is 2.65. The number of carbonyl (C=O) groups excluding carboxylic acids is 1. The van der Waals surface area contributed by atoms with Crippen molar-refractivity contribution in [2.75, 3.05) is 25.0 Å². The van der Waals surface area contributed by atoms with E-state index in [4.69, 9.17) is 16.5 Å². The number of halogens is 5. The number of thioether (sulfide) groups is 1. The number of hydrazine groups is 1. The molecule has 0 saturated carbocycles. The van der Waals surface area contributed by atoms with Crippen molar-refractivity contribution in [2.45, 2.75) is 9.79 Å². The van der Waals surface area contributed by atoms with Gasteiger partial charge in [0.05, 0.1) is 18.4 Å². The summed E-state index contributed by atoms with van der Waals surface area (Å²) >= 11 is 0.947. The van der Waals surface area contributed by atoms with Gasteiger partial charge < -0.3 is 11.2 Å². The Hall–Kier alpha value is -2.75. The molecule has 0 bridgehead atoms. The Labute approximate surface area is 178 Å². The van der Waals surface area contributed by atoms with Gasteiger partial charge in [0, 0.05) is 17.6 Å². The minimum Gasteiger partial charge on any atom is -0.322 e. The SMILES string of the molecule is CONc1ccc(S/C(=N/N)N(C)N)c(C(=O)Nc2ccc(S(F)(F)(F)(F)F)cc2)c1. The minimum absolute atomic E-state index is 0.0619. The summed E-state index contributed by atoms with van der Waals surface area (Å²) in [5, 5.41) is 7.13. The highest BCUT2D eigenvalue weighted by Crippen LogP contribution is 3.02. The first kappa shape index (κ1) is 24.5. The summed E-state index contributed by atoms with van der Waals surface area (Å²) in [5.74, 6) is 10.2. The van der Waals surface area contributed by atoms with Gasteiger partial charge in [-0.15, -0.1) is 0 Å². The number of hydrogen-bond acceptors (Lipinski definition) is 7. The number of amidine groups is 1. The van der Waals surface area contributed by atoms with Crippen molar-refractivity contribution in [3.8, 4) is 0 Å². The normalized spacial score (nSPS) is 14.4. The van der Waals surface area contributed by atoms with Crippen molar-refractivity contribution >= 4 is 44.4 Å². The van der Waals surface area contributed by atoms with Gasteiger partial charge in [-0.25, -0.2) is 5.84 Å². The van der Waals surface area contributed by atoms with Crippen LogP contribution in [0.25, 0.3) is 0 Å². The number of nitrogens with one attached hydrogen (secondary N) is 2. The van der Waals surface area contributed by atoms with Crippen LogP contribution in [0.5, 0.6) is 0 Å². The zero-order valence-electron chi connectivity index (χ0n) is 16.1. The van der Waals surface area contributed by atoms with Gasteiger partial charge in [0.1, 0.15) is 4.90 Å². The largest absolute Gasteiger partial charge is 0.322 e. The molecule has 0 fully saturated rings. The topological polar surface area (TPSA) is 118 Å². The fourth-order valence-electron chi connectivity index (χ4n) is 2.26. The lowest BCUT2D eigenvalue weighted by Crippen LogP contribution is -2.32. The number of anilines is 2. The van der Waals surface area contributed by atoms with Gasteiger partial charge in [-0.05, 0) is 54.2 Å². The second kappa shape index (κ2) is 8.07. The molecule has 0 unspecified atom stereocenters. The molecule has 2 aromatic carbocycles. The molecule has 0 heterocycles. The first-order valence-corrected chi connectivity index (χ1v) is 10.9. The van der Waals surface area contributed by atoms with Crippen LogP contribution in [0, 0.1) is 0 Å². The second-order valence-electron chi connectivity index (χ2n) is 6.09. The van der Waals surface area contributed by atoms with Crippen LogP contribution in [0.3, 0.4) is 0 Å². The number of benzene rings is 2. The summed E-state index contributed by atoms with van der Waals surface area (Å²) < 4.78 is 64.3. The van der Waals surface area contributed by atoms with E-state index in [1.165, 1.54) is 26.3 Å².